The van der Waals surface area contributed by atoms with Gasteiger partial charge in [0.1, 0.15) is 0 Å². The second-order valence-corrected chi connectivity index (χ2v) is 7.58. The van der Waals surface area contributed by atoms with Crippen LogP contribution in [0.3, 0.4) is 0 Å². The van der Waals surface area contributed by atoms with Crippen molar-refractivity contribution in [3.63, 3.8) is 0 Å². The van der Waals surface area contributed by atoms with E-state index in [1.807, 2.05) is 11.3 Å². The summed E-state index contributed by atoms with van der Waals surface area (Å²) in [5.41, 5.74) is 2.87. The molecule has 1 aromatic heterocycles. The molecule has 0 saturated heterocycles. The van der Waals surface area contributed by atoms with Gasteiger partial charge in [-0.15, -0.1) is 11.3 Å². The van der Waals surface area contributed by atoms with Crippen LogP contribution in [0.15, 0.2) is 29.6 Å². The molecule has 0 saturated carbocycles. The number of likely N-dealkylation sites (N-methyl/N-ethyl adjacent to an activating group) is 1. The molecule has 0 N–H and O–H groups in total. The number of hydrogen-bond donors (Lipinski definition) is 0. The lowest BCUT2D eigenvalue weighted by Crippen LogP contribution is -2.28. The Hall–Kier alpha value is -1.52. The maximum Gasteiger partial charge on any atom is 0.231 e. The fourth-order valence-electron chi connectivity index (χ4n) is 3.78. The molecule has 122 valence electrons. The fraction of sp³-hybridized carbons (Fsp3) is 0.474. The highest BCUT2D eigenvalue weighted by Gasteiger charge is 2.28. The fourth-order valence-corrected chi connectivity index (χ4v) is 4.48. The minimum atomic E-state index is 0.372. The van der Waals surface area contributed by atoms with Crippen molar-refractivity contribution < 1.29 is 9.47 Å². The lowest BCUT2D eigenvalue weighted by Gasteiger charge is -2.30. The Balaban J connectivity index is 1.44. The first-order valence-electron chi connectivity index (χ1n) is 8.43. The van der Waals surface area contributed by atoms with Crippen LogP contribution in [0.1, 0.15) is 34.8 Å². The van der Waals surface area contributed by atoms with Crippen molar-refractivity contribution >= 4 is 11.3 Å². The first kappa shape index (κ1) is 15.0. The molecule has 1 aromatic carbocycles. The first-order chi connectivity index (χ1) is 11.3. The van der Waals surface area contributed by atoms with Gasteiger partial charge in [-0.25, -0.2) is 0 Å². The number of fused-ring (bicyclic) bond motifs is 3. The van der Waals surface area contributed by atoms with Gasteiger partial charge in [-0.1, -0.05) is 12.1 Å². The van der Waals surface area contributed by atoms with Crippen LogP contribution in [0, 0.1) is 0 Å². The van der Waals surface area contributed by atoms with E-state index in [0.29, 0.717) is 12.7 Å². The van der Waals surface area contributed by atoms with Crippen molar-refractivity contribution in [2.75, 3.05) is 26.9 Å². The summed E-state index contributed by atoms with van der Waals surface area (Å²) >= 11 is 1.86. The molecule has 2 aliphatic rings. The largest absolute Gasteiger partial charge is 0.454 e. The highest BCUT2D eigenvalue weighted by molar-refractivity contribution is 7.09. The topological polar surface area (TPSA) is 21.7 Å². The molecule has 1 aliphatic heterocycles. The highest BCUT2D eigenvalue weighted by atomic mass is 32.1. The van der Waals surface area contributed by atoms with E-state index < -0.39 is 0 Å². The molecule has 0 fully saturated rings. The predicted octanol–water partition coefficient (Wildman–Crippen LogP) is 4.07. The normalized spacial score (nSPS) is 19.1. The summed E-state index contributed by atoms with van der Waals surface area (Å²) in [6.07, 6.45) is 4.79. The highest BCUT2D eigenvalue weighted by Crippen LogP contribution is 2.44. The zero-order valence-corrected chi connectivity index (χ0v) is 14.4. The quantitative estimate of drug-likeness (QED) is 0.825. The molecule has 4 heteroatoms. The lowest BCUT2D eigenvalue weighted by atomic mass is 9.82. The zero-order valence-electron chi connectivity index (χ0n) is 13.6. The Morgan fingerprint density at radius 3 is 3.09 bits per heavy atom. The van der Waals surface area contributed by atoms with E-state index in [0.717, 1.165) is 37.4 Å². The van der Waals surface area contributed by atoms with Gasteiger partial charge in [0.15, 0.2) is 11.5 Å². The SMILES string of the molecule is CN(CCc1cccs1)CC1CCCc2c1ccc1c2OCO1. The molecule has 1 aliphatic carbocycles. The second-order valence-electron chi connectivity index (χ2n) is 6.55. The standard InChI is InChI=1S/C19H23NO2S/c1-20(10-9-15-5-3-11-23-15)12-14-4-2-6-17-16(14)7-8-18-19(17)22-13-21-18/h3,5,7-8,11,14H,2,4,6,9-10,12-13H2,1H3. The van der Waals surface area contributed by atoms with Gasteiger partial charge < -0.3 is 14.4 Å². The van der Waals surface area contributed by atoms with Gasteiger partial charge in [0.25, 0.3) is 0 Å². The predicted molar refractivity (Wildman–Crippen MR) is 93.8 cm³/mol. The molecule has 2 aromatic rings. The Kier molecular flexibility index (Phi) is 4.27. The van der Waals surface area contributed by atoms with Crippen LogP contribution in [0.5, 0.6) is 11.5 Å². The number of nitrogens with zero attached hydrogens (tertiary/aromatic N) is 1. The summed E-state index contributed by atoms with van der Waals surface area (Å²) in [6, 6.07) is 8.72. The molecular weight excluding hydrogens is 306 g/mol. The molecule has 3 nitrogen and oxygen atoms in total. The van der Waals surface area contributed by atoms with Crippen LogP contribution in [0.2, 0.25) is 0 Å². The average Bonchev–Trinajstić information content (AvgIpc) is 3.24. The Bertz CT molecular complexity index is 668. The number of benzene rings is 1. The first-order valence-corrected chi connectivity index (χ1v) is 9.31. The molecule has 1 unspecified atom stereocenters. The van der Waals surface area contributed by atoms with Crippen molar-refractivity contribution in [2.24, 2.45) is 0 Å². The van der Waals surface area contributed by atoms with Crippen LogP contribution in [-0.4, -0.2) is 31.8 Å². The summed E-state index contributed by atoms with van der Waals surface area (Å²) < 4.78 is 11.2. The molecule has 2 heterocycles. The molecular formula is C19H23NO2S. The van der Waals surface area contributed by atoms with Crippen molar-refractivity contribution in [2.45, 2.75) is 31.6 Å². The van der Waals surface area contributed by atoms with Gasteiger partial charge in [-0.2, -0.15) is 0 Å². The van der Waals surface area contributed by atoms with Crippen molar-refractivity contribution in [1.29, 1.82) is 0 Å². The van der Waals surface area contributed by atoms with Gasteiger partial charge >= 0.3 is 0 Å². The van der Waals surface area contributed by atoms with Gasteiger partial charge in [-0.05, 0) is 61.7 Å². The van der Waals surface area contributed by atoms with E-state index in [1.165, 1.54) is 28.8 Å². The number of thiophene rings is 1. The zero-order chi connectivity index (χ0) is 15.6. The van der Waals surface area contributed by atoms with Crippen LogP contribution < -0.4 is 9.47 Å². The van der Waals surface area contributed by atoms with Gasteiger partial charge in [0.2, 0.25) is 6.79 Å². The average molecular weight is 329 g/mol. The summed E-state index contributed by atoms with van der Waals surface area (Å²) in [5, 5.41) is 2.16. The van der Waals surface area contributed by atoms with Gasteiger partial charge in [-0.3, -0.25) is 0 Å². The smallest absolute Gasteiger partial charge is 0.231 e. The van der Waals surface area contributed by atoms with Crippen LogP contribution in [0.25, 0.3) is 0 Å². The molecule has 0 spiro atoms. The monoisotopic (exact) mass is 329 g/mol. The van der Waals surface area contributed by atoms with E-state index in [9.17, 15) is 0 Å². The Labute approximate surface area is 141 Å². The lowest BCUT2D eigenvalue weighted by molar-refractivity contribution is 0.173. The summed E-state index contributed by atoms with van der Waals surface area (Å²) in [7, 11) is 2.24. The third kappa shape index (κ3) is 3.10. The number of ether oxygens (including phenoxy) is 2. The van der Waals surface area contributed by atoms with Crippen LogP contribution in [0.4, 0.5) is 0 Å². The third-order valence-corrected chi connectivity index (χ3v) is 5.89. The Morgan fingerprint density at radius 1 is 1.26 bits per heavy atom. The minimum Gasteiger partial charge on any atom is -0.454 e. The minimum absolute atomic E-state index is 0.372. The van der Waals surface area contributed by atoms with Crippen LogP contribution in [-0.2, 0) is 12.8 Å². The van der Waals surface area contributed by atoms with E-state index in [4.69, 9.17) is 9.47 Å². The maximum absolute atomic E-state index is 5.71. The Morgan fingerprint density at radius 2 is 2.22 bits per heavy atom. The molecule has 23 heavy (non-hydrogen) atoms. The maximum atomic E-state index is 5.71. The molecule has 0 radical (unpaired) electrons. The second kappa shape index (κ2) is 6.54. The van der Waals surface area contributed by atoms with Crippen LogP contribution >= 0.6 is 11.3 Å². The summed E-state index contributed by atoms with van der Waals surface area (Å²) in [6.45, 7) is 2.62. The van der Waals surface area contributed by atoms with E-state index in [2.05, 4.69) is 41.6 Å². The van der Waals surface area contributed by atoms with Crippen molar-refractivity contribution in [3.05, 3.63) is 45.6 Å². The molecule has 0 bridgehead atoms. The molecule has 1 atom stereocenters. The number of hydrogen-bond acceptors (Lipinski definition) is 4. The molecule has 0 amide bonds. The van der Waals surface area contributed by atoms with E-state index in [-0.39, 0.29) is 0 Å². The van der Waals surface area contributed by atoms with E-state index >= 15 is 0 Å². The third-order valence-electron chi connectivity index (χ3n) is 4.95. The number of rotatable bonds is 5. The van der Waals surface area contributed by atoms with Crippen molar-refractivity contribution in [1.82, 2.24) is 4.90 Å². The molecule has 4 rings (SSSR count). The summed E-state index contributed by atoms with van der Waals surface area (Å²) in [5.74, 6) is 2.55. The summed E-state index contributed by atoms with van der Waals surface area (Å²) in [4.78, 5) is 3.95. The van der Waals surface area contributed by atoms with Gasteiger partial charge in [0.05, 0.1) is 0 Å². The van der Waals surface area contributed by atoms with Crippen molar-refractivity contribution in [3.8, 4) is 11.5 Å². The van der Waals surface area contributed by atoms with Gasteiger partial charge in [0, 0.05) is 23.5 Å². The van der Waals surface area contributed by atoms with E-state index in [1.54, 1.807) is 0 Å².